The van der Waals surface area contributed by atoms with Crippen LogP contribution in [0.15, 0.2) is 29.6 Å². The first-order valence-corrected chi connectivity index (χ1v) is 6.59. The van der Waals surface area contributed by atoms with Gasteiger partial charge in [0, 0.05) is 29.6 Å². The summed E-state index contributed by atoms with van der Waals surface area (Å²) in [5.74, 6) is -0.0656. The second-order valence-corrected chi connectivity index (χ2v) is 4.98. The molecule has 0 aliphatic rings. The smallest absolute Gasteiger partial charge is 0.225 e. The molecule has 1 heterocycles. The van der Waals surface area contributed by atoms with Crippen LogP contribution < -0.4 is 11.1 Å². The first-order valence-electron chi connectivity index (χ1n) is 5.71. The van der Waals surface area contributed by atoms with Crippen LogP contribution in [0.25, 0.3) is 11.3 Å². The van der Waals surface area contributed by atoms with Crippen molar-refractivity contribution in [3.05, 3.63) is 34.7 Å². The standard InChI is InChI=1S/C13H15N3OS/c1-9-15-12(8-18-9)10-3-2-4-11(7-10)16-13(17)5-6-14/h2-4,7-8H,5-6,14H2,1H3,(H,16,17). The summed E-state index contributed by atoms with van der Waals surface area (Å²) in [4.78, 5) is 15.9. The second-order valence-electron chi connectivity index (χ2n) is 3.92. The van der Waals surface area contributed by atoms with Gasteiger partial charge in [0.05, 0.1) is 10.7 Å². The minimum atomic E-state index is -0.0656. The molecule has 5 heteroatoms. The van der Waals surface area contributed by atoms with Crippen molar-refractivity contribution in [1.82, 2.24) is 4.98 Å². The van der Waals surface area contributed by atoms with Gasteiger partial charge in [-0.25, -0.2) is 4.98 Å². The number of aromatic nitrogens is 1. The fourth-order valence-electron chi connectivity index (χ4n) is 1.61. The maximum atomic E-state index is 11.5. The zero-order chi connectivity index (χ0) is 13.0. The lowest BCUT2D eigenvalue weighted by Gasteiger charge is -2.05. The molecule has 0 saturated heterocycles. The van der Waals surface area contributed by atoms with Crippen molar-refractivity contribution < 1.29 is 4.79 Å². The number of anilines is 1. The van der Waals surface area contributed by atoms with E-state index in [-0.39, 0.29) is 5.91 Å². The lowest BCUT2D eigenvalue weighted by molar-refractivity contribution is -0.116. The fourth-order valence-corrected chi connectivity index (χ4v) is 2.23. The molecule has 0 spiro atoms. The molecule has 2 aromatic rings. The van der Waals surface area contributed by atoms with E-state index in [0.29, 0.717) is 13.0 Å². The van der Waals surface area contributed by atoms with Crippen molar-refractivity contribution in [1.29, 1.82) is 0 Å². The van der Waals surface area contributed by atoms with Crippen molar-refractivity contribution in [3.63, 3.8) is 0 Å². The Hall–Kier alpha value is -1.72. The SMILES string of the molecule is Cc1nc(-c2cccc(NC(=O)CCN)c2)cs1. The van der Waals surface area contributed by atoms with E-state index in [4.69, 9.17) is 5.73 Å². The Labute approximate surface area is 110 Å². The zero-order valence-electron chi connectivity index (χ0n) is 10.1. The number of nitrogens with zero attached hydrogens (tertiary/aromatic N) is 1. The predicted molar refractivity (Wildman–Crippen MR) is 74.6 cm³/mol. The average Bonchev–Trinajstić information content (AvgIpc) is 2.76. The van der Waals surface area contributed by atoms with Gasteiger partial charge in [0.1, 0.15) is 0 Å². The average molecular weight is 261 g/mol. The Bertz CT molecular complexity index is 551. The number of nitrogens with one attached hydrogen (secondary N) is 1. The molecule has 1 amide bonds. The van der Waals surface area contributed by atoms with Gasteiger partial charge in [0.2, 0.25) is 5.91 Å². The van der Waals surface area contributed by atoms with Gasteiger partial charge in [-0.3, -0.25) is 4.79 Å². The van der Waals surface area contributed by atoms with Crippen LogP contribution in [0.3, 0.4) is 0 Å². The molecular formula is C13H15N3OS. The van der Waals surface area contributed by atoms with Crippen molar-refractivity contribution in [2.75, 3.05) is 11.9 Å². The Morgan fingerprint density at radius 2 is 2.33 bits per heavy atom. The van der Waals surface area contributed by atoms with E-state index >= 15 is 0 Å². The first-order chi connectivity index (χ1) is 8.69. The minimum Gasteiger partial charge on any atom is -0.330 e. The highest BCUT2D eigenvalue weighted by Gasteiger charge is 2.05. The Morgan fingerprint density at radius 1 is 1.50 bits per heavy atom. The molecule has 0 atom stereocenters. The zero-order valence-corrected chi connectivity index (χ0v) is 11.0. The molecule has 0 saturated carbocycles. The van der Waals surface area contributed by atoms with Crippen LogP contribution in [0, 0.1) is 6.92 Å². The van der Waals surface area contributed by atoms with Crippen molar-refractivity contribution in [2.45, 2.75) is 13.3 Å². The van der Waals surface area contributed by atoms with E-state index in [0.717, 1.165) is 22.0 Å². The molecule has 0 fully saturated rings. The normalized spacial score (nSPS) is 10.3. The topological polar surface area (TPSA) is 68.0 Å². The van der Waals surface area contributed by atoms with E-state index < -0.39 is 0 Å². The Balaban J connectivity index is 2.17. The van der Waals surface area contributed by atoms with Gasteiger partial charge in [0.15, 0.2) is 0 Å². The first kappa shape index (κ1) is 12.7. The summed E-state index contributed by atoms with van der Waals surface area (Å²) in [6.45, 7) is 2.33. The molecule has 1 aromatic heterocycles. The van der Waals surface area contributed by atoms with Crippen LogP contribution in [-0.2, 0) is 4.79 Å². The lowest BCUT2D eigenvalue weighted by Crippen LogP contribution is -2.16. The van der Waals surface area contributed by atoms with E-state index in [1.165, 1.54) is 0 Å². The third-order valence-electron chi connectivity index (χ3n) is 2.43. The fraction of sp³-hybridized carbons (Fsp3) is 0.231. The maximum Gasteiger partial charge on any atom is 0.225 e. The van der Waals surface area contributed by atoms with Gasteiger partial charge in [-0.2, -0.15) is 0 Å². The van der Waals surface area contributed by atoms with Crippen molar-refractivity contribution in [2.24, 2.45) is 5.73 Å². The summed E-state index contributed by atoms with van der Waals surface area (Å²) in [5.41, 5.74) is 8.05. The molecule has 0 aliphatic heterocycles. The van der Waals surface area contributed by atoms with E-state index in [9.17, 15) is 4.79 Å². The van der Waals surface area contributed by atoms with E-state index in [2.05, 4.69) is 10.3 Å². The number of carbonyl (C=O) groups excluding carboxylic acids is 1. The molecular weight excluding hydrogens is 246 g/mol. The van der Waals surface area contributed by atoms with Gasteiger partial charge in [0.25, 0.3) is 0 Å². The van der Waals surface area contributed by atoms with E-state index in [1.807, 2.05) is 36.6 Å². The molecule has 0 radical (unpaired) electrons. The third kappa shape index (κ3) is 3.15. The number of amides is 1. The molecule has 3 N–H and O–H groups in total. The van der Waals surface area contributed by atoms with Crippen LogP contribution in [-0.4, -0.2) is 17.4 Å². The van der Waals surface area contributed by atoms with Gasteiger partial charge in [-0.1, -0.05) is 12.1 Å². The largest absolute Gasteiger partial charge is 0.330 e. The van der Waals surface area contributed by atoms with Crippen LogP contribution >= 0.6 is 11.3 Å². The highest BCUT2D eigenvalue weighted by atomic mass is 32.1. The van der Waals surface area contributed by atoms with Crippen LogP contribution in [0.1, 0.15) is 11.4 Å². The number of thiazole rings is 1. The van der Waals surface area contributed by atoms with Gasteiger partial charge in [-0.15, -0.1) is 11.3 Å². The number of hydrogen-bond acceptors (Lipinski definition) is 4. The Kier molecular flexibility index (Phi) is 4.07. The molecule has 1 aromatic carbocycles. The summed E-state index contributed by atoms with van der Waals surface area (Å²) in [5, 5.41) is 5.86. The van der Waals surface area contributed by atoms with Gasteiger partial charge < -0.3 is 11.1 Å². The summed E-state index contributed by atoms with van der Waals surface area (Å²) >= 11 is 1.61. The van der Waals surface area contributed by atoms with Gasteiger partial charge in [-0.05, 0) is 19.1 Å². The molecule has 94 valence electrons. The summed E-state index contributed by atoms with van der Waals surface area (Å²) in [6.07, 6.45) is 0.333. The quantitative estimate of drug-likeness (QED) is 0.888. The molecule has 4 nitrogen and oxygen atoms in total. The lowest BCUT2D eigenvalue weighted by atomic mass is 10.1. The van der Waals surface area contributed by atoms with Crippen LogP contribution in [0.2, 0.25) is 0 Å². The number of rotatable bonds is 4. The van der Waals surface area contributed by atoms with Gasteiger partial charge >= 0.3 is 0 Å². The number of aryl methyl sites for hydroxylation is 1. The number of carbonyl (C=O) groups is 1. The molecule has 18 heavy (non-hydrogen) atoms. The maximum absolute atomic E-state index is 11.5. The van der Waals surface area contributed by atoms with E-state index in [1.54, 1.807) is 11.3 Å². The van der Waals surface area contributed by atoms with Crippen molar-refractivity contribution in [3.8, 4) is 11.3 Å². The molecule has 0 aliphatic carbocycles. The number of benzene rings is 1. The van der Waals surface area contributed by atoms with Crippen LogP contribution in [0.5, 0.6) is 0 Å². The predicted octanol–water partition coefficient (Wildman–Crippen LogP) is 2.41. The Morgan fingerprint density at radius 3 is 3.00 bits per heavy atom. The molecule has 0 bridgehead atoms. The summed E-state index contributed by atoms with van der Waals surface area (Å²) < 4.78 is 0. The third-order valence-corrected chi connectivity index (χ3v) is 3.21. The second kappa shape index (κ2) is 5.75. The minimum absolute atomic E-state index is 0.0656. The highest BCUT2D eigenvalue weighted by Crippen LogP contribution is 2.24. The van der Waals surface area contributed by atoms with Crippen LogP contribution in [0.4, 0.5) is 5.69 Å². The molecule has 2 rings (SSSR count). The summed E-state index contributed by atoms with van der Waals surface area (Å²) in [6, 6.07) is 7.66. The number of nitrogens with two attached hydrogens (primary N) is 1. The summed E-state index contributed by atoms with van der Waals surface area (Å²) in [7, 11) is 0. The highest BCUT2D eigenvalue weighted by molar-refractivity contribution is 7.09. The monoisotopic (exact) mass is 261 g/mol. The number of hydrogen-bond donors (Lipinski definition) is 2. The van der Waals surface area contributed by atoms with Crippen molar-refractivity contribution >= 4 is 22.9 Å². The molecule has 0 unspecified atom stereocenters.